The van der Waals surface area contributed by atoms with Gasteiger partial charge in [0, 0.05) is 24.5 Å². The molecule has 2 aliphatic heterocycles. The molecule has 0 aromatic heterocycles. The van der Waals surface area contributed by atoms with Gasteiger partial charge in [0.2, 0.25) is 15.9 Å². The number of nitrogens with zero attached hydrogens (tertiary/aromatic N) is 3. The van der Waals surface area contributed by atoms with Gasteiger partial charge in [-0.3, -0.25) is 19.4 Å². The van der Waals surface area contributed by atoms with Crippen LogP contribution in [0.3, 0.4) is 0 Å². The number of benzene rings is 2. The second kappa shape index (κ2) is 9.53. The molecule has 180 valence electrons. The number of hydrogen-bond acceptors (Lipinski definition) is 6. The third-order valence-corrected chi connectivity index (χ3v) is 7.72. The first-order valence-electron chi connectivity index (χ1n) is 10.9. The summed E-state index contributed by atoms with van der Waals surface area (Å²) >= 11 is 0. The Morgan fingerprint density at radius 1 is 1.03 bits per heavy atom. The van der Waals surface area contributed by atoms with E-state index in [1.54, 1.807) is 19.1 Å². The van der Waals surface area contributed by atoms with Crippen LogP contribution in [0.25, 0.3) is 0 Å². The van der Waals surface area contributed by atoms with E-state index in [9.17, 15) is 22.8 Å². The Kier molecular flexibility index (Phi) is 6.69. The number of morpholine rings is 1. The first-order chi connectivity index (χ1) is 16.2. The van der Waals surface area contributed by atoms with Gasteiger partial charge in [0.25, 0.3) is 5.91 Å². The molecule has 2 aliphatic rings. The van der Waals surface area contributed by atoms with Crippen molar-refractivity contribution in [1.82, 2.24) is 9.21 Å². The van der Waals surface area contributed by atoms with Crippen LogP contribution in [0.15, 0.2) is 53.4 Å². The number of rotatable bonds is 6. The molecular weight excluding hydrogens is 460 g/mol. The summed E-state index contributed by atoms with van der Waals surface area (Å²) in [5.41, 5.74) is 1.96. The Bertz CT molecular complexity index is 1190. The van der Waals surface area contributed by atoms with E-state index in [4.69, 9.17) is 4.74 Å². The highest BCUT2D eigenvalue weighted by atomic mass is 32.2. The number of sulfonamides is 1. The summed E-state index contributed by atoms with van der Waals surface area (Å²) in [6.45, 7) is 4.37. The van der Waals surface area contributed by atoms with Crippen LogP contribution < -0.4 is 10.2 Å². The predicted octanol–water partition coefficient (Wildman–Crippen LogP) is 1.81. The fourth-order valence-corrected chi connectivity index (χ4v) is 5.31. The maximum Gasteiger partial charge on any atom is 0.332 e. The van der Waals surface area contributed by atoms with Crippen molar-refractivity contribution in [1.29, 1.82) is 0 Å². The topological polar surface area (TPSA) is 116 Å². The summed E-state index contributed by atoms with van der Waals surface area (Å²) in [6, 6.07) is 11.7. The average Bonchev–Trinajstić information content (AvgIpc) is 3.04. The Morgan fingerprint density at radius 3 is 2.26 bits per heavy atom. The van der Waals surface area contributed by atoms with E-state index < -0.39 is 40.5 Å². The third kappa shape index (κ3) is 4.67. The maximum absolute atomic E-state index is 12.9. The van der Waals surface area contributed by atoms with Crippen molar-refractivity contribution in [2.75, 3.05) is 43.1 Å². The summed E-state index contributed by atoms with van der Waals surface area (Å²) in [4.78, 5) is 40.5. The molecule has 0 spiro atoms. The van der Waals surface area contributed by atoms with Crippen LogP contribution in [0.1, 0.15) is 12.5 Å². The van der Waals surface area contributed by atoms with E-state index in [1.165, 1.54) is 33.5 Å². The monoisotopic (exact) mass is 486 g/mol. The van der Waals surface area contributed by atoms with E-state index >= 15 is 0 Å². The molecule has 1 N–H and O–H groups in total. The van der Waals surface area contributed by atoms with Gasteiger partial charge >= 0.3 is 6.03 Å². The van der Waals surface area contributed by atoms with Crippen molar-refractivity contribution in [3.63, 3.8) is 0 Å². The van der Waals surface area contributed by atoms with Crippen molar-refractivity contribution in [3.05, 3.63) is 54.1 Å². The second-order valence-corrected chi connectivity index (χ2v) is 10.1. The number of urea groups is 1. The Morgan fingerprint density at radius 2 is 1.65 bits per heavy atom. The normalized spacial score (nSPS) is 19.5. The molecule has 0 bridgehead atoms. The maximum atomic E-state index is 12.9. The second-order valence-electron chi connectivity index (χ2n) is 8.18. The van der Waals surface area contributed by atoms with Crippen LogP contribution in [0, 0.1) is 6.92 Å². The summed E-state index contributed by atoms with van der Waals surface area (Å²) in [6.07, 6.45) is 0. The van der Waals surface area contributed by atoms with Gasteiger partial charge in [0.05, 0.1) is 18.1 Å². The summed E-state index contributed by atoms with van der Waals surface area (Å²) in [5.74, 6) is -1.03. The minimum atomic E-state index is -3.64. The SMILES string of the molecule is Cc1ccc(N2C(=O)N(CC(=O)Nc3ccc(S(=O)(=O)N4CCOCC4)cc3)C(=O)[C@H]2C)cc1. The molecular formula is C23H26N4O6S. The number of ether oxygens (including phenoxy) is 1. The zero-order valence-electron chi connectivity index (χ0n) is 18.9. The molecule has 0 radical (unpaired) electrons. The highest BCUT2D eigenvalue weighted by molar-refractivity contribution is 7.89. The highest BCUT2D eigenvalue weighted by Crippen LogP contribution is 2.26. The van der Waals surface area contributed by atoms with E-state index in [2.05, 4.69) is 5.32 Å². The molecule has 2 heterocycles. The van der Waals surface area contributed by atoms with Crippen molar-refractivity contribution >= 4 is 39.2 Å². The molecule has 0 aliphatic carbocycles. The van der Waals surface area contributed by atoms with Crippen molar-refractivity contribution in [3.8, 4) is 0 Å². The molecule has 11 heteroatoms. The predicted molar refractivity (Wildman–Crippen MR) is 125 cm³/mol. The van der Waals surface area contributed by atoms with Gasteiger partial charge in [-0.2, -0.15) is 4.31 Å². The lowest BCUT2D eigenvalue weighted by molar-refractivity contribution is -0.130. The fraction of sp³-hybridized carbons (Fsp3) is 0.348. The highest BCUT2D eigenvalue weighted by Gasteiger charge is 2.44. The number of carbonyl (C=O) groups is 3. The molecule has 4 rings (SSSR count). The standard InChI is InChI=1S/C23H26N4O6S/c1-16-3-7-19(8-4-16)27-17(2)22(29)26(23(27)30)15-21(28)24-18-5-9-20(10-6-18)34(31,32)25-11-13-33-14-12-25/h3-10,17H,11-15H2,1-2H3,(H,24,28)/t17-/m1/s1. The molecule has 2 saturated heterocycles. The zero-order chi connectivity index (χ0) is 24.5. The lowest BCUT2D eigenvalue weighted by atomic mass is 10.2. The quantitative estimate of drug-likeness (QED) is 0.623. The van der Waals surface area contributed by atoms with Gasteiger partial charge in [-0.15, -0.1) is 0 Å². The average molecular weight is 487 g/mol. The van der Waals surface area contributed by atoms with Crippen molar-refractivity contribution in [2.45, 2.75) is 24.8 Å². The van der Waals surface area contributed by atoms with Gasteiger partial charge < -0.3 is 10.1 Å². The molecule has 0 unspecified atom stereocenters. The molecule has 0 saturated carbocycles. The summed E-state index contributed by atoms with van der Waals surface area (Å²) in [7, 11) is -3.64. The van der Waals surface area contributed by atoms with Gasteiger partial charge in [-0.1, -0.05) is 17.7 Å². The first kappa shape index (κ1) is 23.9. The van der Waals surface area contributed by atoms with Crippen LogP contribution in [-0.2, 0) is 24.3 Å². The van der Waals surface area contributed by atoms with Crippen LogP contribution >= 0.6 is 0 Å². The van der Waals surface area contributed by atoms with Crippen LogP contribution in [-0.4, -0.2) is 74.4 Å². The molecule has 4 amide bonds. The van der Waals surface area contributed by atoms with Gasteiger partial charge in [-0.05, 0) is 50.2 Å². The smallest absolute Gasteiger partial charge is 0.332 e. The van der Waals surface area contributed by atoms with Crippen LogP contribution in [0.4, 0.5) is 16.2 Å². The summed E-state index contributed by atoms with van der Waals surface area (Å²) < 4.78 is 32.0. The number of aryl methyl sites for hydroxylation is 1. The third-order valence-electron chi connectivity index (χ3n) is 5.81. The van der Waals surface area contributed by atoms with Crippen LogP contribution in [0.2, 0.25) is 0 Å². The molecule has 2 aromatic rings. The number of carbonyl (C=O) groups excluding carboxylic acids is 3. The van der Waals surface area contributed by atoms with Crippen LogP contribution in [0.5, 0.6) is 0 Å². The Balaban J connectivity index is 1.41. The van der Waals surface area contributed by atoms with E-state index in [-0.39, 0.29) is 18.0 Å². The van der Waals surface area contributed by atoms with Crippen molar-refractivity contribution in [2.24, 2.45) is 0 Å². The summed E-state index contributed by atoms with van der Waals surface area (Å²) in [5, 5.41) is 2.61. The molecule has 1 atom stereocenters. The Labute approximate surface area is 198 Å². The van der Waals surface area contributed by atoms with Crippen molar-refractivity contribution < 1.29 is 27.5 Å². The number of nitrogens with one attached hydrogen (secondary N) is 1. The number of amides is 4. The van der Waals surface area contributed by atoms with Gasteiger partial charge in [-0.25, -0.2) is 13.2 Å². The number of hydrogen-bond donors (Lipinski definition) is 1. The van der Waals surface area contributed by atoms with Gasteiger partial charge in [0.15, 0.2) is 0 Å². The minimum Gasteiger partial charge on any atom is -0.379 e. The lowest BCUT2D eigenvalue weighted by Gasteiger charge is -2.26. The van der Waals surface area contributed by atoms with E-state index in [0.717, 1.165) is 10.5 Å². The van der Waals surface area contributed by atoms with E-state index in [1.807, 2.05) is 19.1 Å². The fourth-order valence-electron chi connectivity index (χ4n) is 3.90. The van der Waals surface area contributed by atoms with E-state index in [0.29, 0.717) is 24.6 Å². The Hall–Kier alpha value is -3.28. The zero-order valence-corrected chi connectivity index (χ0v) is 19.7. The van der Waals surface area contributed by atoms with Gasteiger partial charge in [0.1, 0.15) is 12.6 Å². The molecule has 2 aromatic carbocycles. The molecule has 2 fully saturated rings. The molecule has 34 heavy (non-hydrogen) atoms. The number of anilines is 2. The minimum absolute atomic E-state index is 0.111. The number of imide groups is 1. The molecule has 10 nitrogen and oxygen atoms in total. The largest absolute Gasteiger partial charge is 0.379 e. The first-order valence-corrected chi connectivity index (χ1v) is 12.3. The lowest BCUT2D eigenvalue weighted by Crippen LogP contribution is -2.40.